The quantitative estimate of drug-likeness (QED) is 0.870. The van der Waals surface area contributed by atoms with Crippen molar-refractivity contribution >= 4 is 15.9 Å². The zero-order valence-corrected chi connectivity index (χ0v) is 12.8. The van der Waals surface area contributed by atoms with Crippen LogP contribution in [0, 0.1) is 0 Å². The lowest BCUT2D eigenvalue weighted by molar-refractivity contribution is 0.295. The molecule has 0 unspecified atom stereocenters. The Balaban J connectivity index is 1.61. The number of nitrogens with zero attached hydrogens (tertiary/aromatic N) is 4. The topological polar surface area (TPSA) is 64.9 Å². The highest BCUT2D eigenvalue weighted by molar-refractivity contribution is 9.10. The molecule has 0 spiro atoms. The van der Waals surface area contributed by atoms with Gasteiger partial charge in [-0.1, -0.05) is 15.9 Å². The molecular weight excluding hydrogens is 322 g/mol. The van der Waals surface area contributed by atoms with Gasteiger partial charge in [0.15, 0.2) is 6.61 Å². The van der Waals surface area contributed by atoms with Gasteiger partial charge in [0.1, 0.15) is 5.75 Å². The van der Waals surface area contributed by atoms with Crippen molar-refractivity contribution in [3.8, 4) is 5.75 Å². The summed E-state index contributed by atoms with van der Waals surface area (Å²) in [6.07, 6.45) is 2.57. The lowest BCUT2D eigenvalue weighted by Gasteiger charge is -2.09. The molecule has 0 bridgehead atoms. The van der Waals surface area contributed by atoms with Crippen LogP contribution in [-0.2, 0) is 20.2 Å². The molecule has 0 amide bonds. The van der Waals surface area contributed by atoms with E-state index in [1.165, 1.54) is 23.2 Å². The molecule has 1 heterocycles. The summed E-state index contributed by atoms with van der Waals surface area (Å²) in [4.78, 5) is 1.42. The Morgan fingerprint density at radius 3 is 3.00 bits per heavy atom. The molecule has 1 saturated carbocycles. The van der Waals surface area contributed by atoms with Crippen LogP contribution in [0.15, 0.2) is 22.7 Å². The van der Waals surface area contributed by atoms with Gasteiger partial charge in [0.05, 0.1) is 7.05 Å². The second kappa shape index (κ2) is 5.88. The van der Waals surface area contributed by atoms with Crippen LogP contribution in [0.1, 0.15) is 24.2 Å². The van der Waals surface area contributed by atoms with Crippen molar-refractivity contribution in [2.75, 3.05) is 0 Å². The highest BCUT2D eigenvalue weighted by Gasteiger charge is 2.20. The smallest absolute Gasteiger partial charge is 0.212 e. The number of tetrazole rings is 1. The standard InChI is InChI=1S/C13H16BrN5O/c1-19-17-13(16-18-19)8-20-11-4-5-12(14)9(6-11)7-15-10-2-3-10/h4-6,10,15H,2-3,7-8H2,1H3. The van der Waals surface area contributed by atoms with E-state index in [0.717, 1.165) is 16.8 Å². The third-order valence-electron chi connectivity index (χ3n) is 3.09. The maximum Gasteiger partial charge on any atom is 0.212 e. The van der Waals surface area contributed by atoms with Gasteiger partial charge < -0.3 is 10.1 Å². The molecular formula is C13H16BrN5O. The van der Waals surface area contributed by atoms with Crippen LogP contribution in [0.3, 0.4) is 0 Å². The van der Waals surface area contributed by atoms with Crippen molar-refractivity contribution < 1.29 is 4.74 Å². The van der Waals surface area contributed by atoms with Gasteiger partial charge >= 0.3 is 0 Å². The van der Waals surface area contributed by atoms with Gasteiger partial charge in [0, 0.05) is 17.1 Å². The van der Waals surface area contributed by atoms with Crippen LogP contribution in [-0.4, -0.2) is 26.2 Å². The van der Waals surface area contributed by atoms with Crippen LogP contribution < -0.4 is 10.1 Å². The van der Waals surface area contributed by atoms with Crippen molar-refractivity contribution in [1.29, 1.82) is 0 Å². The SMILES string of the molecule is Cn1nnc(COc2ccc(Br)c(CNC3CC3)c2)n1. The molecule has 20 heavy (non-hydrogen) atoms. The third-order valence-corrected chi connectivity index (χ3v) is 3.87. The Morgan fingerprint density at radius 1 is 1.45 bits per heavy atom. The van der Waals surface area contributed by atoms with Gasteiger partial charge in [-0.25, -0.2) is 0 Å². The van der Waals surface area contributed by atoms with Gasteiger partial charge in [0.2, 0.25) is 5.82 Å². The van der Waals surface area contributed by atoms with Crippen molar-refractivity contribution in [1.82, 2.24) is 25.5 Å². The summed E-state index contributed by atoms with van der Waals surface area (Å²) in [5.74, 6) is 1.39. The van der Waals surface area contributed by atoms with E-state index in [4.69, 9.17) is 4.74 Å². The summed E-state index contributed by atoms with van der Waals surface area (Å²) in [5.41, 5.74) is 1.20. The van der Waals surface area contributed by atoms with E-state index in [0.29, 0.717) is 18.5 Å². The first kappa shape index (κ1) is 13.5. The molecule has 2 aromatic rings. The average Bonchev–Trinajstić information content (AvgIpc) is 3.18. The monoisotopic (exact) mass is 337 g/mol. The number of benzene rings is 1. The number of nitrogens with one attached hydrogen (secondary N) is 1. The summed E-state index contributed by atoms with van der Waals surface area (Å²) in [6, 6.07) is 6.66. The molecule has 1 N–H and O–H groups in total. The average molecular weight is 338 g/mol. The number of aryl methyl sites for hydroxylation is 1. The van der Waals surface area contributed by atoms with Crippen LogP contribution in [0.4, 0.5) is 0 Å². The van der Waals surface area contributed by atoms with Gasteiger partial charge in [0.25, 0.3) is 0 Å². The van der Waals surface area contributed by atoms with E-state index in [1.807, 2.05) is 18.2 Å². The lowest BCUT2D eigenvalue weighted by atomic mass is 10.2. The fourth-order valence-corrected chi connectivity index (χ4v) is 2.23. The number of hydrogen-bond acceptors (Lipinski definition) is 5. The Hall–Kier alpha value is -1.47. The zero-order valence-electron chi connectivity index (χ0n) is 11.2. The molecule has 0 aliphatic heterocycles. The van der Waals surface area contributed by atoms with E-state index in [2.05, 4.69) is 36.7 Å². The Morgan fingerprint density at radius 2 is 2.30 bits per heavy atom. The molecule has 6 nitrogen and oxygen atoms in total. The first-order chi connectivity index (χ1) is 9.70. The zero-order chi connectivity index (χ0) is 13.9. The highest BCUT2D eigenvalue weighted by atomic mass is 79.9. The van der Waals surface area contributed by atoms with Gasteiger partial charge in [-0.3, -0.25) is 0 Å². The summed E-state index contributed by atoms with van der Waals surface area (Å²) >= 11 is 3.57. The van der Waals surface area contributed by atoms with E-state index in [-0.39, 0.29) is 0 Å². The summed E-state index contributed by atoms with van der Waals surface area (Å²) in [7, 11) is 1.73. The minimum atomic E-state index is 0.324. The molecule has 1 aliphatic rings. The van der Waals surface area contributed by atoms with Crippen LogP contribution in [0.25, 0.3) is 0 Å². The largest absolute Gasteiger partial charge is 0.485 e. The van der Waals surface area contributed by atoms with E-state index < -0.39 is 0 Å². The van der Waals surface area contributed by atoms with Crippen LogP contribution in [0.5, 0.6) is 5.75 Å². The molecule has 0 atom stereocenters. The molecule has 7 heteroatoms. The maximum absolute atomic E-state index is 5.70. The van der Waals surface area contributed by atoms with Crippen molar-refractivity contribution in [3.05, 3.63) is 34.1 Å². The molecule has 1 fully saturated rings. The fourth-order valence-electron chi connectivity index (χ4n) is 1.85. The number of rotatable bonds is 6. The fraction of sp³-hybridized carbons (Fsp3) is 0.462. The van der Waals surface area contributed by atoms with E-state index in [9.17, 15) is 0 Å². The third kappa shape index (κ3) is 3.55. The van der Waals surface area contributed by atoms with Crippen LogP contribution >= 0.6 is 15.9 Å². The maximum atomic E-state index is 5.70. The predicted molar refractivity (Wildman–Crippen MR) is 77.1 cm³/mol. The molecule has 0 saturated heterocycles. The van der Waals surface area contributed by atoms with E-state index in [1.54, 1.807) is 7.05 Å². The minimum absolute atomic E-state index is 0.324. The summed E-state index contributed by atoms with van der Waals surface area (Å²) < 4.78 is 6.79. The van der Waals surface area contributed by atoms with Crippen molar-refractivity contribution in [3.63, 3.8) is 0 Å². The normalized spacial score (nSPS) is 14.5. The van der Waals surface area contributed by atoms with Gasteiger partial charge in [-0.15, -0.1) is 10.2 Å². The summed E-state index contributed by atoms with van der Waals surface area (Å²) in [6.45, 7) is 1.18. The summed E-state index contributed by atoms with van der Waals surface area (Å²) in [5, 5.41) is 15.2. The molecule has 106 valence electrons. The van der Waals surface area contributed by atoms with Crippen molar-refractivity contribution in [2.45, 2.75) is 32.0 Å². The van der Waals surface area contributed by atoms with Crippen LogP contribution in [0.2, 0.25) is 0 Å². The minimum Gasteiger partial charge on any atom is -0.485 e. The number of ether oxygens (including phenoxy) is 1. The van der Waals surface area contributed by atoms with Gasteiger partial charge in [-0.05, 0) is 41.8 Å². The number of aromatic nitrogens is 4. The molecule has 0 radical (unpaired) electrons. The molecule has 1 aromatic heterocycles. The second-order valence-electron chi connectivity index (χ2n) is 4.89. The Labute approximate surface area is 125 Å². The first-order valence-electron chi connectivity index (χ1n) is 6.58. The number of hydrogen-bond donors (Lipinski definition) is 1. The van der Waals surface area contributed by atoms with E-state index >= 15 is 0 Å². The predicted octanol–water partition coefficient (Wildman–Crippen LogP) is 1.80. The highest BCUT2D eigenvalue weighted by Crippen LogP contribution is 2.25. The molecule has 3 rings (SSSR count). The Kier molecular flexibility index (Phi) is 3.98. The van der Waals surface area contributed by atoms with Crippen molar-refractivity contribution in [2.24, 2.45) is 7.05 Å². The molecule has 1 aromatic carbocycles. The second-order valence-corrected chi connectivity index (χ2v) is 5.75. The Bertz CT molecular complexity index is 596. The first-order valence-corrected chi connectivity index (χ1v) is 7.37. The molecule has 1 aliphatic carbocycles. The van der Waals surface area contributed by atoms with Gasteiger partial charge in [-0.2, -0.15) is 4.80 Å². The lowest BCUT2D eigenvalue weighted by Crippen LogP contribution is -2.15. The number of halogens is 1.